The van der Waals surface area contributed by atoms with Crippen molar-refractivity contribution in [2.24, 2.45) is 0 Å². The first-order valence-corrected chi connectivity index (χ1v) is 4.53. The first-order valence-electron chi connectivity index (χ1n) is 4.00. The van der Waals surface area contributed by atoms with Gasteiger partial charge in [0.1, 0.15) is 5.75 Å². The van der Waals surface area contributed by atoms with Crippen LogP contribution in [0.5, 0.6) is 5.75 Å². The summed E-state index contributed by atoms with van der Waals surface area (Å²) in [4.78, 5) is 0. The molecular formula is C10H9ClF2O. The van der Waals surface area contributed by atoms with Gasteiger partial charge in [0, 0.05) is 5.88 Å². The van der Waals surface area contributed by atoms with Crippen LogP contribution in [0.3, 0.4) is 0 Å². The molecule has 76 valence electrons. The van der Waals surface area contributed by atoms with Gasteiger partial charge < -0.3 is 4.74 Å². The molecule has 1 rings (SSSR count). The standard InChI is InChI=1S/C10H9ClF2O/c11-7-1-2-8-3-5-9(6-4-8)14-10(12)13/h1-6,10H,7H2. The lowest BCUT2D eigenvalue weighted by molar-refractivity contribution is -0.0498. The molecule has 0 bridgehead atoms. The Bertz CT molecular complexity index is 295. The highest BCUT2D eigenvalue weighted by Gasteiger charge is 2.02. The summed E-state index contributed by atoms with van der Waals surface area (Å²) in [6.07, 6.45) is 3.57. The smallest absolute Gasteiger partial charge is 0.387 e. The average molecular weight is 219 g/mol. The van der Waals surface area contributed by atoms with Gasteiger partial charge in [-0.3, -0.25) is 0 Å². The molecular weight excluding hydrogens is 210 g/mol. The molecule has 4 heteroatoms. The lowest BCUT2D eigenvalue weighted by atomic mass is 10.2. The Labute approximate surface area is 85.9 Å². The fraction of sp³-hybridized carbons (Fsp3) is 0.200. The summed E-state index contributed by atoms with van der Waals surface area (Å²) in [7, 11) is 0. The predicted molar refractivity (Wildman–Crippen MR) is 52.8 cm³/mol. The van der Waals surface area contributed by atoms with Crippen molar-refractivity contribution in [3.63, 3.8) is 0 Å². The van der Waals surface area contributed by atoms with E-state index in [2.05, 4.69) is 4.74 Å². The Kier molecular flexibility index (Phi) is 4.40. The highest BCUT2D eigenvalue weighted by Crippen LogP contribution is 2.15. The highest BCUT2D eigenvalue weighted by molar-refractivity contribution is 6.19. The number of allylic oxidation sites excluding steroid dienone is 1. The SMILES string of the molecule is FC(F)Oc1ccc(C=CCCl)cc1. The summed E-state index contributed by atoms with van der Waals surface area (Å²) < 4.78 is 27.7. The largest absolute Gasteiger partial charge is 0.435 e. The van der Waals surface area contributed by atoms with E-state index in [1.165, 1.54) is 12.1 Å². The van der Waals surface area contributed by atoms with Crippen LogP contribution in [-0.4, -0.2) is 12.5 Å². The van der Waals surface area contributed by atoms with Crippen molar-refractivity contribution >= 4 is 17.7 Å². The Morgan fingerprint density at radius 2 is 1.93 bits per heavy atom. The molecule has 0 N–H and O–H groups in total. The van der Waals surface area contributed by atoms with Gasteiger partial charge in [-0.25, -0.2) is 0 Å². The molecule has 0 aliphatic heterocycles. The molecule has 0 unspecified atom stereocenters. The molecule has 0 amide bonds. The fourth-order valence-corrected chi connectivity index (χ4v) is 1.03. The first kappa shape index (κ1) is 11.0. The van der Waals surface area contributed by atoms with E-state index in [1.54, 1.807) is 24.3 Å². The van der Waals surface area contributed by atoms with Crippen molar-refractivity contribution < 1.29 is 13.5 Å². The minimum absolute atomic E-state index is 0.156. The maximum absolute atomic E-state index is 11.8. The number of hydrogen-bond acceptors (Lipinski definition) is 1. The van der Waals surface area contributed by atoms with Crippen molar-refractivity contribution in [2.45, 2.75) is 6.61 Å². The van der Waals surface area contributed by atoms with Crippen LogP contribution in [-0.2, 0) is 0 Å². The molecule has 1 aromatic carbocycles. The molecule has 1 aromatic rings. The van der Waals surface area contributed by atoms with Gasteiger partial charge in [-0.1, -0.05) is 24.3 Å². The summed E-state index contributed by atoms with van der Waals surface area (Å²) >= 11 is 5.44. The summed E-state index contributed by atoms with van der Waals surface area (Å²) in [5.74, 6) is 0.581. The molecule has 0 aliphatic carbocycles. The van der Waals surface area contributed by atoms with Crippen LogP contribution in [0.25, 0.3) is 6.08 Å². The van der Waals surface area contributed by atoms with Crippen molar-refractivity contribution in [1.29, 1.82) is 0 Å². The number of alkyl halides is 3. The third-order valence-corrected chi connectivity index (χ3v) is 1.68. The quantitative estimate of drug-likeness (QED) is 0.703. The molecule has 0 aliphatic rings. The van der Waals surface area contributed by atoms with Gasteiger partial charge in [0.05, 0.1) is 0 Å². The summed E-state index contributed by atoms with van der Waals surface area (Å²) in [6, 6.07) is 6.33. The molecule has 0 atom stereocenters. The van der Waals surface area contributed by atoms with Crippen LogP contribution < -0.4 is 4.74 Å². The summed E-state index contributed by atoms with van der Waals surface area (Å²) in [6.45, 7) is -2.78. The van der Waals surface area contributed by atoms with Crippen LogP contribution >= 0.6 is 11.6 Å². The normalized spacial score (nSPS) is 11.1. The zero-order valence-electron chi connectivity index (χ0n) is 7.29. The molecule has 0 fully saturated rings. The van der Waals surface area contributed by atoms with Crippen molar-refractivity contribution in [3.8, 4) is 5.75 Å². The first-order chi connectivity index (χ1) is 6.72. The van der Waals surface area contributed by atoms with E-state index < -0.39 is 6.61 Å². The third kappa shape index (κ3) is 3.75. The summed E-state index contributed by atoms with van der Waals surface area (Å²) in [5, 5.41) is 0. The number of benzene rings is 1. The van der Waals surface area contributed by atoms with Gasteiger partial charge in [-0.05, 0) is 17.7 Å². The molecule has 14 heavy (non-hydrogen) atoms. The monoisotopic (exact) mass is 218 g/mol. The molecule has 0 spiro atoms. The van der Waals surface area contributed by atoms with Crippen LogP contribution in [0.2, 0.25) is 0 Å². The molecule has 0 saturated heterocycles. The molecule has 0 saturated carbocycles. The summed E-state index contributed by atoms with van der Waals surface area (Å²) in [5.41, 5.74) is 0.896. The van der Waals surface area contributed by atoms with Crippen molar-refractivity contribution in [2.75, 3.05) is 5.88 Å². The van der Waals surface area contributed by atoms with Gasteiger partial charge >= 0.3 is 6.61 Å². The Morgan fingerprint density at radius 1 is 1.29 bits per heavy atom. The second-order valence-corrected chi connectivity index (χ2v) is 2.81. The van der Waals surface area contributed by atoms with Gasteiger partial charge in [-0.15, -0.1) is 11.6 Å². The van der Waals surface area contributed by atoms with Gasteiger partial charge in [0.15, 0.2) is 0 Å². The third-order valence-electron chi connectivity index (χ3n) is 1.50. The minimum Gasteiger partial charge on any atom is -0.435 e. The van der Waals surface area contributed by atoms with Crippen molar-refractivity contribution in [3.05, 3.63) is 35.9 Å². The number of rotatable bonds is 4. The zero-order valence-corrected chi connectivity index (χ0v) is 8.05. The van der Waals surface area contributed by atoms with Crippen LogP contribution in [0.4, 0.5) is 8.78 Å². The predicted octanol–water partition coefficient (Wildman–Crippen LogP) is 3.54. The number of halogens is 3. The second-order valence-electron chi connectivity index (χ2n) is 2.50. The molecule has 1 nitrogen and oxygen atoms in total. The second kappa shape index (κ2) is 5.60. The Hall–Kier alpha value is -1.09. The maximum Gasteiger partial charge on any atom is 0.387 e. The minimum atomic E-state index is -2.78. The van der Waals surface area contributed by atoms with Crippen LogP contribution in [0.15, 0.2) is 30.3 Å². The van der Waals surface area contributed by atoms with E-state index in [1.807, 2.05) is 0 Å². The van der Waals surface area contributed by atoms with E-state index in [9.17, 15) is 8.78 Å². The zero-order chi connectivity index (χ0) is 10.4. The average Bonchev–Trinajstić information content (AvgIpc) is 2.16. The molecule has 0 aromatic heterocycles. The van der Waals surface area contributed by atoms with E-state index in [0.717, 1.165) is 5.56 Å². The van der Waals surface area contributed by atoms with Gasteiger partial charge in [-0.2, -0.15) is 8.78 Å². The van der Waals surface area contributed by atoms with Crippen molar-refractivity contribution in [1.82, 2.24) is 0 Å². The molecule has 0 heterocycles. The van der Waals surface area contributed by atoms with Gasteiger partial charge in [0.25, 0.3) is 0 Å². The lowest BCUT2D eigenvalue weighted by Gasteiger charge is -2.03. The van der Waals surface area contributed by atoms with Gasteiger partial charge in [0.2, 0.25) is 0 Å². The van der Waals surface area contributed by atoms with E-state index in [4.69, 9.17) is 11.6 Å². The lowest BCUT2D eigenvalue weighted by Crippen LogP contribution is -2.01. The van der Waals surface area contributed by atoms with E-state index in [-0.39, 0.29) is 5.75 Å². The number of hydrogen-bond donors (Lipinski definition) is 0. The fourth-order valence-electron chi connectivity index (χ4n) is 0.941. The van der Waals surface area contributed by atoms with Crippen LogP contribution in [0.1, 0.15) is 5.56 Å². The molecule has 0 radical (unpaired) electrons. The maximum atomic E-state index is 11.8. The Morgan fingerprint density at radius 3 is 2.43 bits per heavy atom. The topological polar surface area (TPSA) is 9.23 Å². The number of ether oxygens (including phenoxy) is 1. The Balaban J connectivity index is 2.64. The highest BCUT2D eigenvalue weighted by atomic mass is 35.5. The van der Waals surface area contributed by atoms with E-state index in [0.29, 0.717) is 5.88 Å². The van der Waals surface area contributed by atoms with Crippen LogP contribution in [0, 0.1) is 0 Å². The van der Waals surface area contributed by atoms with E-state index >= 15 is 0 Å².